The highest BCUT2D eigenvalue weighted by atomic mass is 32.1. The second kappa shape index (κ2) is 7.11. The molecule has 0 bridgehead atoms. The van der Waals surface area contributed by atoms with E-state index in [0.717, 1.165) is 4.88 Å². The van der Waals surface area contributed by atoms with E-state index in [1.54, 1.807) is 37.3 Å². The lowest BCUT2D eigenvalue weighted by atomic mass is 9.96. The van der Waals surface area contributed by atoms with E-state index in [4.69, 9.17) is 4.74 Å². The van der Waals surface area contributed by atoms with Crippen molar-refractivity contribution in [2.24, 2.45) is 0 Å². The summed E-state index contributed by atoms with van der Waals surface area (Å²) in [6.45, 7) is 3.43. The Labute approximate surface area is 171 Å². The molecular weight excluding hydrogens is 392 g/mol. The third-order valence-corrected chi connectivity index (χ3v) is 6.41. The van der Waals surface area contributed by atoms with Crippen molar-refractivity contribution < 1.29 is 23.9 Å². The van der Waals surface area contributed by atoms with Gasteiger partial charge >= 0.3 is 5.97 Å². The SMILES string of the molecule is CCN1C(=O)c2ccccc2N2C(=O)CC[C@]12C(=O)OCC(=O)c1ccc(C)s1. The van der Waals surface area contributed by atoms with E-state index in [1.165, 1.54) is 21.1 Å². The molecule has 2 aliphatic rings. The van der Waals surface area contributed by atoms with Gasteiger partial charge in [-0.05, 0) is 38.1 Å². The van der Waals surface area contributed by atoms with E-state index in [0.29, 0.717) is 16.1 Å². The molecule has 0 aliphatic carbocycles. The Hall–Kier alpha value is -3.00. The van der Waals surface area contributed by atoms with Crippen LogP contribution in [0.4, 0.5) is 5.69 Å². The number of ether oxygens (including phenoxy) is 1. The summed E-state index contributed by atoms with van der Waals surface area (Å²) in [6.07, 6.45) is 0.246. The molecule has 1 saturated heterocycles. The molecule has 29 heavy (non-hydrogen) atoms. The number of ketones is 1. The second-order valence-electron chi connectivity index (χ2n) is 7.02. The fraction of sp³-hybridized carbons (Fsp3) is 0.333. The van der Waals surface area contributed by atoms with Crippen LogP contribution in [0.25, 0.3) is 0 Å². The smallest absolute Gasteiger partial charge is 0.354 e. The average Bonchev–Trinajstić information content (AvgIpc) is 3.31. The largest absolute Gasteiger partial charge is 0.454 e. The molecule has 2 amide bonds. The molecule has 0 N–H and O–H groups in total. The van der Waals surface area contributed by atoms with Gasteiger partial charge in [-0.25, -0.2) is 4.79 Å². The van der Waals surface area contributed by atoms with Crippen LogP contribution >= 0.6 is 11.3 Å². The molecular formula is C21H20N2O5S. The van der Waals surface area contributed by atoms with E-state index < -0.39 is 18.2 Å². The van der Waals surface area contributed by atoms with E-state index >= 15 is 0 Å². The molecule has 7 nitrogen and oxygen atoms in total. The van der Waals surface area contributed by atoms with E-state index in [-0.39, 0.29) is 37.0 Å². The molecule has 1 fully saturated rings. The summed E-state index contributed by atoms with van der Waals surface area (Å²) in [6, 6.07) is 10.3. The number of para-hydroxylation sites is 1. The number of anilines is 1. The first-order valence-electron chi connectivity index (χ1n) is 9.41. The van der Waals surface area contributed by atoms with Gasteiger partial charge in [0.2, 0.25) is 17.4 Å². The number of esters is 1. The molecule has 1 aromatic heterocycles. The Kier molecular flexibility index (Phi) is 4.74. The molecule has 150 valence electrons. The summed E-state index contributed by atoms with van der Waals surface area (Å²) in [4.78, 5) is 55.7. The van der Waals surface area contributed by atoms with E-state index in [2.05, 4.69) is 0 Å². The predicted octanol–water partition coefficient (Wildman–Crippen LogP) is 2.78. The second-order valence-corrected chi connectivity index (χ2v) is 8.31. The number of Topliss-reactive ketones (excluding diaryl/α,β-unsaturated/α-hetero) is 1. The molecule has 0 radical (unpaired) electrons. The maximum Gasteiger partial charge on any atom is 0.354 e. The Bertz CT molecular complexity index is 1030. The van der Waals surface area contributed by atoms with Crippen LogP contribution in [-0.2, 0) is 14.3 Å². The fourth-order valence-corrected chi connectivity index (χ4v) is 4.87. The number of hydrogen-bond donors (Lipinski definition) is 0. The first-order chi connectivity index (χ1) is 13.9. The topological polar surface area (TPSA) is 84.0 Å². The molecule has 0 saturated carbocycles. The third-order valence-electron chi connectivity index (χ3n) is 5.37. The zero-order chi connectivity index (χ0) is 20.8. The number of hydrogen-bond acceptors (Lipinski definition) is 6. The number of benzene rings is 1. The van der Waals surface area contributed by atoms with Crippen molar-refractivity contribution in [3.05, 3.63) is 51.7 Å². The maximum absolute atomic E-state index is 13.3. The Morgan fingerprint density at radius 2 is 1.93 bits per heavy atom. The Balaban J connectivity index is 1.68. The molecule has 4 rings (SSSR count). The zero-order valence-electron chi connectivity index (χ0n) is 16.1. The number of rotatable bonds is 5. The van der Waals surface area contributed by atoms with Crippen LogP contribution in [0.2, 0.25) is 0 Å². The van der Waals surface area contributed by atoms with Crippen LogP contribution in [0.1, 0.15) is 44.7 Å². The van der Waals surface area contributed by atoms with Crippen molar-refractivity contribution in [3.63, 3.8) is 0 Å². The molecule has 0 unspecified atom stereocenters. The molecule has 8 heteroatoms. The molecule has 1 aromatic carbocycles. The minimum Gasteiger partial charge on any atom is -0.454 e. The lowest BCUT2D eigenvalue weighted by molar-refractivity contribution is -0.156. The van der Waals surface area contributed by atoms with Gasteiger partial charge in [-0.2, -0.15) is 0 Å². The molecule has 1 atom stereocenters. The lowest BCUT2D eigenvalue weighted by Gasteiger charge is -2.47. The van der Waals surface area contributed by atoms with Crippen LogP contribution < -0.4 is 4.90 Å². The van der Waals surface area contributed by atoms with Crippen molar-refractivity contribution in [2.75, 3.05) is 18.1 Å². The van der Waals surface area contributed by atoms with Crippen molar-refractivity contribution in [1.29, 1.82) is 0 Å². The summed E-state index contributed by atoms with van der Waals surface area (Å²) in [5, 5.41) is 0. The van der Waals surface area contributed by atoms with Crippen LogP contribution in [-0.4, -0.2) is 47.3 Å². The molecule has 0 spiro atoms. The summed E-state index contributed by atoms with van der Waals surface area (Å²) in [7, 11) is 0. The predicted molar refractivity (Wildman–Crippen MR) is 107 cm³/mol. The van der Waals surface area contributed by atoms with Gasteiger partial charge in [0, 0.05) is 24.3 Å². The van der Waals surface area contributed by atoms with Gasteiger partial charge in [0.15, 0.2) is 6.61 Å². The summed E-state index contributed by atoms with van der Waals surface area (Å²) in [5.74, 6) is -1.64. The van der Waals surface area contributed by atoms with E-state index in [1.807, 2.05) is 13.0 Å². The monoisotopic (exact) mass is 412 g/mol. The first-order valence-corrected chi connectivity index (χ1v) is 10.2. The van der Waals surface area contributed by atoms with Gasteiger partial charge < -0.3 is 9.64 Å². The number of fused-ring (bicyclic) bond motifs is 3. The summed E-state index contributed by atoms with van der Waals surface area (Å²) >= 11 is 1.33. The number of thiophene rings is 1. The van der Waals surface area contributed by atoms with E-state index in [9.17, 15) is 19.2 Å². The highest BCUT2D eigenvalue weighted by Crippen LogP contribution is 2.44. The average molecular weight is 412 g/mol. The highest BCUT2D eigenvalue weighted by Gasteiger charge is 2.61. The molecule has 3 heterocycles. The normalized spacial score (nSPS) is 20.5. The minimum atomic E-state index is -1.55. The quantitative estimate of drug-likeness (QED) is 0.557. The molecule has 2 aliphatic heterocycles. The lowest BCUT2D eigenvalue weighted by Crippen LogP contribution is -2.68. The number of carbonyl (C=O) groups excluding carboxylic acids is 4. The van der Waals surface area contributed by atoms with Crippen LogP contribution in [0.15, 0.2) is 36.4 Å². The van der Waals surface area contributed by atoms with Crippen LogP contribution in [0, 0.1) is 6.92 Å². The van der Waals surface area contributed by atoms with Gasteiger partial charge in [-0.3, -0.25) is 19.3 Å². The fourth-order valence-electron chi connectivity index (χ4n) is 4.07. The number of amides is 2. The standard InChI is InChI=1S/C21H20N2O5S/c1-3-22-19(26)14-6-4-5-7-15(14)23-18(25)10-11-21(22,23)20(27)28-12-16(24)17-9-8-13(2)29-17/h4-9H,3,10-12H2,1-2H3/t21-/m0/s1. The van der Waals surface area contributed by atoms with Crippen molar-refractivity contribution in [3.8, 4) is 0 Å². The van der Waals surface area contributed by atoms with Gasteiger partial charge in [-0.15, -0.1) is 11.3 Å². The maximum atomic E-state index is 13.3. The van der Waals surface area contributed by atoms with Crippen molar-refractivity contribution in [2.45, 2.75) is 32.4 Å². The van der Waals surface area contributed by atoms with Crippen molar-refractivity contribution in [1.82, 2.24) is 4.90 Å². The number of likely N-dealkylation sites (N-methyl/N-ethyl adjacent to an activating group) is 1. The number of aryl methyl sites for hydroxylation is 1. The van der Waals surface area contributed by atoms with Crippen LogP contribution in [0.5, 0.6) is 0 Å². The van der Waals surface area contributed by atoms with Crippen LogP contribution in [0.3, 0.4) is 0 Å². The molecule has 2 aromatic rings. The third kappa shape index (κ3) is 2.86. The van der Waals surface area contributed by atoms with Gasteiger partial charge in [0.1, 0.15) is 0 Å². The Morgan fingerprint density at radius 3 is 2.62 bits per heavy atom. The number of carbonyl (C=O) groups is 4. The summed E-state index contributed by atoms with van der Waals surface area (Å²) < 4.78 is 5.39. The van der Waals surface area contributed by atoms with Gasteiger partial charge in [-0.1, -0.05) is 12.1 Å². The minimum absolute atomic E-state index is 0.116. The Morgan fingerprint density at radius 1 is 1.17 bits per heavy atom. The zero-order valence-corrected chi connectivity index (χ0v) is 17.0. The van der Waals surface area contributed by atoms with Gasteiger partial charge in [0.05, 0.1) is 16.1 Å². The highest BCUT2D eigenvalue weighted by molar-refractivity contribution is 7.14. The number of nitrogens with zero attached hydrogens (tertiary/aromatic N) is 2. The van der Waals surface area contributed by atoms with Gasteiger partial charge in [0.25, 0.3) is 5.91 Å². The first kappa shape index (κ1) is 19.3. The van der Waals surface area contributed by atoms with Crippen molar-refractivity contribution >= 4 is 40.6 Å². The summed E-state index contributed by atoms with van der Waals surface area (Å²) in [5.41, 5.74) is -0.775.